The molecule has 0 amide bonds. The summed E-state index contributed by atoms with van der Waals surface area (Å²) in [6.07, 6.45) is 1.50. The molecule has 1 aliphatic rings. The Morgan fingerprint density at radius 3 is 2.53 bits per heavy atom. The Labute approximate surface area is 179 Å². The van der Waals surface area contributed by atoms with E-state index in [1.54, 1.807) is 19.1 Å². The number of fused-ring (bicyclic) bond motifs is 5. The zero-order valence-corrected chi connectivity index (χ0v) is 17.4. The predicted molar refractivity (Wildman–Crippen MR) is 110 cm³/mol. The molecule has 0 aliphatic carbocycles. The first-order chi connectivity index (χ1) is 15.2. The monoisotopic (exact) mass is 462 g/mol. The first kappa shape index (κ1) is 20.4. The molecule has 2 aromatic carbocycles. The van der Waals surface area contributed by atoms with Gasteiger partial charge in [0.2, 0.25) is 16.8 Å². The second-order valence-electron chi connectivity index (χ2n) is 7.21. The molecule has 0 radical (unpaired) electrons. The highest BCUT2D eigenvalue weighted by molar-refractivity contribution is 7.89. The number of hydrogen-bond acceptors (Lipinski definition) is 6. The first-order valence-electron chi connectivity index (χ1n) is 9.51. The van der Waals surface area contributed by atoms with Crippen molar-refractivity contribution in [3.63, 3.8) is 0 Å². The Hall–Kier alpha value is -3.51. The molecular weight excluding hydrogens is 446 g/mol. The minimum Gasteiger partial charge on any atom is -0.454 e. The molecule has 9 nitrogen and oxygen atoms in total. The summed E-state index contributed by atoms with van der Waals surface area (Å²) in [6, 6.07) is 4.64. The van der Waals surface area contributed by atoms with Gasteiger partial charge >= 0.3 is 5.69 Å². The zero-order valence-electron chi connectivity index (χ0n) is 16.6. The fourth-order valence-corrected chi connectivity index (χ4v) is 4.47. The summed E-state index contributed by atoms with van der Waals surface area (Å²) >= 11 is 0. The van der Waals surface area contributed by atoms with E-state index in [4.69, 9.17) is 14.6 Å². The topological polar surface area (TPSA) is 118 Å². The van der Waals surface area contributed by atoms with Crippen molar-refractivity contribution in [1.82, 2.24) is 14.1 Å². The number of nitrogens with zero attached hydrogens (tertiary/aromatic N) is 3. The number of primary sulfonamides is 1. The van der Waals surface area contributed by atoms with Crippen LogP contribution in [0.3, 0.4) is 0 Å². The molecule has 2 aromatic heterocycles. The van der Waals surface area contributed by atoms with E-state index in [0.717, 1.165) is 0 Å². The molecule has 0 saturated carbocycles. The van der Waals surface area contributed by atoms with Crippen molar-refractivity contribution < 1.29 is 26.7 Å². The van der Waals surface area contributed by atoms with E-state index in [2.05, 4.69) is 4.98 Å². The van der Waals surface area contributed by atoms with Gasteiger partial charge in [0.05, 0.1) is 28.7 Å². The number of rotatable bonds is 4. The van der Waals surface area contributed by atoms with Gasteiger partial charge in [-0.3, -0.25) is 9.13 Å². The predicted octanol–water partition coefficient (Wildman–Crippen LogP) is 2.07. The highest BCUT2D eigenvalue weighted by Gasteiger charge is 2.24. The number of hydrogen-bond donors (Lipinski definition) is 1. The number of sulfonamides is 1. The van der Waals surface area contributed by atoms with Crippen LogP contribution in [0.4, 0.5) is 8.78 Å². The third kappa shape index (κ3) is 2.94. The van der Waals surface area contributed by atoms with Gasteiger partial charge in [-0.2, -0.15) is 0 Å². The third-order valence-corrected chi connectivity index (χ3v) is 6.32. The minimum absolute atomic E-state index is 0.0315. The number of benzene rings is 2. The molecule has 12 heteroatoms. The molecule has 0 spiro atoms. The van der Waals surface area contributed by atoms with Gasteiger partial charge in [-0.25, -0.2) is 32.1 Å². The third-order valence-electron chi connectivity index (χ3n) is 5.42. The van der Waals surface area contributed by atoms with Crippen LogP contribution in [0.25, 0.3) is 21.9 Å². The van der Waals surface area contributed by atoms with E-state index in [-0.39, 0.29) is 6.79 Å². The summed E-state index contributed by atoms with van der Waals surface area (Å²) in [6.45, 7) is 1.62. The summed E-state index contributed by atoms with van der Waals surface area (Å²) in [5.74, 6) is -1.34. The lowest BCUT2D eigenvalue weighted by atomic mass is 10.1. The Kier molecular flexibility index (Phi) is 4.46. The molecule has 32 heavy (non-hydrogen) atoms. The molecule has 2 N–H and O–H groups in total. The summed E-state index contributed by atoms with van der Waals surface area (Å²) < 4.78 is 65.9. The van der Waals surface area contributed by atoms with E-state index in [1.807, 2.05) is 0 Å². The number of aryl methyl sites for hydroxylation is 1. The highest BCUT2D eigenvalue weighted by Crippen LogP contribution is 2.40. The summed E-state index contributed by atoms with van der Waals surface area (Å²) in [5, 5.41) is 5.52. The van der Waals surface area contributed by atoms with Gasteiger partial charge in [0.25, 0.3) is 0 Å². The molecule has 3 heterocycles. The highest BCUT2D eigenvalue weighted by atomic mass is 32.2. The average molecular weight is 462 g/mol. The fraction of sp³-hybridized carbons (Fsp3) is 0.200. The van der Waals surface area contributed by atoms with Crippen molar-refractivity contribution in [2.24, 2.45) is 5.14 Å². The maximum absolute atomic E-state index is 14.7. The van der Waals surface area contributed by atoms with E-state index in [9.17, 15) is 22.0 Å². The van der Waals surface area contributed by atoms with Gasteiger partial charge in [0, 0.05) is 17.5 Å². The van der Waals surface area contributed by atoms with Crippen molar-refractivity contribution >= 4 is 32.0 Å². The van der Waals surface area contributed by atoms with Crippen molar-refractivity contribution in [1.29, 1.82) is 0 Å². The second-order valence-corrected chi connectivity index (χ2v) is 8.77. The molecule has 0 fully saturated rings. The largest absolute Gasteiger partial charge is 0.454 e. The minimum atomic E-state index is -4.30. The Balaban J connectivity index is 1.78. The number of imidazole rings is 1. The van der Waals surface area contributed by atoms with Crippen LogP contribution in [-0.2, 0) is 23.1 Å². The van der Waals surface area contributed by atoms with Crippen molar-refractivity contribution in [3.05, 3.63) is 58.1 Å². The van der Waals surface area contributed by atoms with E-state index in [1.165, 1.54) is 15.3 Å². The second kappa shape index (κ2) is 7.00. The van der Waals surface area contributed by atoms with Crippen LogP contribution < -0.4 is 20.3 Å². The first-order valence-corrected chi connectivity index (χ1v) is 11.1. The normalized spacial score (nSPS) is 13.4. The molecule has 0 unspecified atom stereocenters. The lowest BCUT2D eigenvalue weighted by Crippen LogP contribution is -2.25. The van der Waals surface area contributed by atoms with Gasteiger partial charge in [0.1, 0.15) is 17.2 Å². The lowest BCUT2D eigenvalue weighted by Gasteiger charge is -2.10. The van der Waals surface area contributed by atoms with Gasteiger partial charge in [-0.1, -0.05) is 0 Å². The number of halogens is 2. The van der Waals surface area contributed by atoms with Crippen LogP contribution in [0.1, 0.15) is 12.5 Å². The van der Waals surface area contributed by atoms with E-state index in [0.29, 0.717) is 52.1 Å². The smallest absolute Gasteiger partial charge is 0.329 e. The summed E-state index contributed by atoms with van der Waals surface area (Å²) in [4.78, 5) is 16.9. The molecule has 1 aliphatic heterocycles. The SMILES string of the molecule is CCn1c(=O)n(Cc2c(F)cc(S(N)(=O)=O)cc2F)c2c3ccc4c(c3ncc21)OCO4. The van der Waals surface area contributed by atoms with E-state index >= 15 is 0 Å². The molecule has 4 aromatic rings. The number of pyridine rings is 1. The lowest BCUT2D eigenvalue weighted by molar-refractivity contribution is 0.174. The van der Waals surface area contributed by atoms with Crippen LogP contribution in [0.15, 0.2) is 40.2 Å². The van der Waals surface area contributed by atoms with Gasteiger partial charge < -0.3 is 9.47 Å². The van der Waals surface area contributed by atoms with Gasteiger partial charge in [-0.15, -0.1) is 0 Å². The molecule has 0 atom stereocenters. The Bertz CT molecular complexity index is 1570. The van der Waals surface area contributed by atoms with Crippen LogP contribution in [0, 0.1) is 11.6 Å². The maximum atomic E-state index is 14.7. The van der Waals surface area contributed by atoms with Crippen LogP contribution in [-0.4, -0.2) is 29.3 Å². The maximum Gasteiger partial charge on any atom is 0.329 e. The molecule has 5 rings (SSSR count). The van der Waals surface area contributed by atoms with Gasteiger partial charge in [0.15, 0.2) is 11.5 Å². The quantitative estimate of drug-likeness (QED) is 0.496. The van der Waals surface area contributed by atoms with E-state index < -0.39 is 44.4 Å². The Morgan fingerprint density at radius 2 is 1.88 bits per heavy atom. The van der Waals surface area contributed by atoms with Crippen LogP contribution in [0.2, 0.25) is 0 Å². The standard InChI is InChI=1S/C20H16F2N4O5S/c1-2-25-15-7-24-17-11(3-4-16-19(17)31-9-30-16)18(15)26(20(25)27)8-12-13(21)5-10(6-14(12)22)32(23,28)29/h3-7H,2,8-9H2,1H3,(H2,23,28,29). The molecule has 166 valence electrons. The van der Waals surface area contributed by atoms with Crippen molar-refractivity contribution in [3.8, 4) is 11.5 Å². The summed E-state index contributed by atoms with van der Waals surface area (Å²) in [5.41, 5.74) is 0.365. The summed E-state index contributed by atoms with van der Waals surface area (Å²) in [7, 11) is -4.30. The molecular formula is C20H16F2N4O5S. The zero-order chi connectivity index (χ0) is 22.8. The number of ether oxygens (including phenoxy) is 2. The van der Waals surface area contributed by atoms with Crippen LogP contribution >= 0.6 is 0 Å². The fourth-order valence-electron chi connectivity index (χ4n) is 3.93. The van der Waals surface area contributed by atoms with Crippen LogP contribution in [0.5, 0.6) is 11.5 Å². The van der Waals surface area contributed by atoms with Crippen molar-refractivity contribution in [2.45, 2.75) is 24.9 Å². The molecule has 0 bridgehead atoms. The van der Waals surface area contributed by atoms with Crippen molar-refractivity contribution in [2.75, 3.05) is 6.79 Å². The average Bonchev–Trinajstić information content (AvgIpc) is 3.32. The van der Waals surface area contributed by atoms with Gasteiger partial charge in [-0.05, 0) is 31.2 Å². The Morgan fingerprint density at radius 1 is 1.16 bits per heavy atom. The number of nitrogens with two attached hydrogens (primary N) is 1. The number of aromatic nitrogens is 3. The molecule has 0 saturated heterocycles.